The van der Waals surface area contributed by atoms with Crippen LogP contribution in [0.4, 0.5) is 18.0 Å². The fourth-order valence-corrected chi connectivity index (χ4v) is 4.12. The fraction of sp³-hybridized carbons (Fsp3) is 0.412. The van der Waals surface area contributed by atoms with E-state index in [-0.39, 0.29) is 25.8 Å². The van der Waals surface area contributed by atoms with Crippen molar-refractivity contribution >= 4 is 49.4 Å². The number of hydrogen-bond donors (Lipinski definition) is 2. The number of allylic oxidation sites excluding steroid dienone is 1. The Morgan fingerprint density at radius 2 is 1.89 bits per heavy atom. The van der Waals surface area contributed by atoms with Crippen LogP contribution in [0.2, 0.25) is 0 Å². The normalized spacial score (nSPS) is 18.0. The first-order valence-electron chi connectivity index (χ1n) is 8.34. The third-order valence-electron chi connectivity index (χ3n) is 3.66. The molecule has 0 saturated heterocycles. The van der Waals surface area contributed by atoms with E-state index in [1.54, 1.807) is 6.92 Å². The van der Waals surface area contributed by atoms with Crippen LogP contribution in [-0.2, 0) is 9.53 Å². The number of ether oxygens (including phenoxy) is 2. The van der Waals surface area contributed by atoms with E-state index < -0.39 is 24.1 Å². The first-order chi connectivity index (χ1) is 13.1. The van der Waals surface area contributed by atoms with Gasteiger partial charge >= 0.3 is 12.5 Å². The van der Waals surface area contributed by atoms with Gasteiger partial charge in [0.25, 0.3) is 5.91 Å². The van der Waals surface area contributed by atoms with Crippen LogP contribution >= 0.6 is 31.9 Å². The highest BCUT2D eigenvalue weighted by Crippen LogP contribution is 2.39. The highest BCUT2D eigenvalue weighted by molar-refractivity contribution is 9.11. The van der Waals surface area contributed by atoms with Crippen molar-refractivity contribution in [2.75, 3.05) is 13.1 Å². The van der Waals surface area contributed by atoms with Crippen molar-refractivity contribution in [3.8, 4) is 5.75 Å². The van der Waals surface area contributed by atoms with Gasteiger partial charge in [0.2, 0.25) is 0 Å². The number of hydrogen-bond acceptors (Lipinski definition) is 4. The lowest BCUT2D eigenvalue weighted by Crippen LogP contribution is -2.30. The topological polar surface area (TPSA) is 76.7 Å². The molecule has 0 aliphatic carbocycles. The summed E-state index contributed by atoms with van der Waals surface area (Å²) in [4.78, 5) is 24.6. The van der Waals surface area contributed by atoms with E-state index in [1.165, 1.54) is 0 Å². The van der Waals surface area contributed by atoms with Gasteiger partial charge in [-0.3, -0.25) is 4.79 Å². The van der Waals surface area contributed by atoms with E-state index >= 15 is 0 Å². The molecule has 2 N–H and O–H groups in total. The van der Waals surface area contributed by atoms with Crippen LogP contribution in [0.5, 0.6) is 5.75 Å². The van der Waals surface area contributed by atoms with E-state index in [0.29, 0.717) is 32.4 Å². The van der Waals surface area contributed by atoms with Crippen molar-refractivity contribution in [2.24, 2.45) is 0 Å². The zero-order chi connectivity index (χ0) is 20.9. The number of amides is 2. The predicted octanol–water partition coefficient (Wildman–Crippen LogP) is 4.87. The minimum atomic E-state index is -4.86. The second kappa shape index (κ2) is 9.64. The monoisotopic (exact) mass is 528 g/mol. The van der Waals surface area contributed by atoms with E-state index in [0.717, 1.165) is 12.1 Å². The van der Waals surface area contributed by atoms with Gasteiger partial charge in [0.05, 0.1) is 5.57 Å². The molecule has 1 aliphatic rings. The summed E-state index contributed by atoms with van der Waals surface area (Å²) < 4.78 is 47.1. The van der Waals surface area contributed by atoms with Crippen LogP contribution in [0.3, 0.4) is 0 Å². The summed E-state index contributed by atoms with van der Waals surface area (Å²) in [7, 11) is 0. The summed E-state index contributed by atoms with van der Waals surface area (Å²) in [5.41, 5.74) is 0.316. The molecule has 1 aromatic carbocycles. The first-order valence-corrected chi connectivity index (χ1v) is 9.93. The Kier molecular flexibility index (Phi) is 7.76. The molecule has 1 aromatic rings. The van der Waals surface area contributed by atoms with E-state index in [4.69, 9.17) is 4.74 Å². The van der Waals surface area contributed by atoms with Crippen molar-refractivity contribution in [1.29, 1.82) is 0 Å². The molecular formula is C17H17Br2F3N2O4. The maximum atomic E-state index is 12.7. The molecule has 1 aliphatic heterocycles. The van der Waals surface area contributed by atoms with Crippen molar-refractivity contribution in [3.05, 3.63) is 32.4 Å². The summed E-state index contributed by atoms with van der Waals surface area (Å²) in [6, 6.07) is 2.19. The van der Waals surface area contributed by atoms with Gasteiger partial charge < -0.3 is 20.1 Å². The summed E-state index contributed by atoms with van der Waals surface area (Å²) in [5.74, 6) is -0.827. The molecule has 2 rings (SSSR count). The quantitative estimate of drug-likeness (QED) is 0.583. The van der Waals surface area contributed by atoms with Gasteiger partial charge in [0.1, 0.15) is 11.5 Å². The lowest BCUT2D eigenvalue weighted by molar-refractivity contribution is -0.274. The third-order valence-corrected chi connectivity index (χ3v) is 4.91. The highest BCUT2D eigenvalue weighted by atomic mass is 79.9. The van der Waals surface area contributed by atoms with Crippen LogP contribution in [0.25, 0.3) is 5.57 Å². The molecule has 0 radical (unpaired) electrons. The van der Waals surface area contributed by atoms with E-state index in [9.17, 15) is 22.8 Å². The number of nitrogens with one attached hydrogen (secondary N) is 2. The second-order valence-corrected chi connectivity index (χ2v) is 7.45. The van der Waals surface area contributed by atoms with Crippen molar-refractivity contribution < 1.29 is 32.2 Å². The Labute approximate surface area is 176 Å². The smallest absolute Gasteiger partial charge is 0.414 e. The van der Waals surface area contributed by atoms with Crippen LogP contribution < -0.4 is 15.4 Å². The molecule has 0 aromatic heterocycles. The van der Waals surface area contributed by atoms with Crippen LogP contribution in [0.15, 0.2) is 26.8 Å². The maximum Gasteiger partial charge on any atom is 0.573 e. The molecule has 6 nitrogen and oxygen atoms in total. The summed E-state index contributed by atoms with van der Waals surface area (Å²) in [6.45, 7) is 2.49. The fourth-order valence-electron chi connectivity index (χ4n) is 2.58. The number of carbonyl (C=O) groups is 2. The third kappa shape index (κ3) is 6.13. The average Bonchev–Trinajstić information content (AvgIpc) is 2.54. The minimum Gasteiger partial charge on any atom is -0.414 e. The Balaban J connectivity index is 2.56. The van der Waals surface area contributed by atoms with Crippen LogP contribution in [0.1, 0.15) is 31.7 Å². The van der Waals surface area contributed by atoms with Gasteiger partial charge in [-0.1, -0.05) is 0 Å². The number of rotatable bonds is 4. The van der Waals surface area contributed by atoms with Crippen LogP contribution in [-0.4, -0.2) is 31.5 Å². The van der Waals surface area contributed by atoms with Crippen LogP contribution in [0, 0.1) is 0 Å². The molecule has 1 heterocycles. The number of benzene rings is 1. The molecule has 28 heavy (non-hydrogen) atoms. The second-order valence-electron chi connectivity index (χ2n) is 5.74. The van der Waals surface area contributed by atoms with Gasteiger partial charge in [0.15, 0.2) is 0 Å². The molecule has 0 saturated carbocycles. The number of alkyl carbamates (subject to hydrolysis) is 1. The van der Waals surface area contributed by atoms with E-state index in [2.05, 4.69) is 47.2 Å². The van der Waals surface area contributed by atoms with Gasteiger partial charge in [-0.25, -0.2) is 4.79 Å². The molecule has 0 spiro atoms. The molecule has 0 fully saturated rings. The Morgan fingerprint density at radius 1 is 1.25 bits per heavy atom. The van der Waals surface area contributed by atoms with Crippen molar-refractivity contribution in [3.63, 3.8) is 0 Å². The van der Waals surface area contributed by atoms with Gasteiger partial charge in [-0.2, -0.15) is 0 Å². The molecule has 0 unspecified atom stereocenters. The van der Waals surface area contributed by atoms with E-state index in [1.807, 2.05) is 0 Å². The van der Waals surface area contributed by atoms with Crippen molar-refractivity contribution in [2.45, 2.75) is 32.5 Å². The number of carbonyl (C=O) groups excluding carboxylic acids is 2. The Morgan fingerprint density at radius 3 is 2.46 bits per heavy atom. The predicted molar refractivity (Wildman–Crippen MR) is 102 cm³/mol. The summed E-state index contributed by atoms with van der Waals surface area (Å²) in [5, 5.41) is 5.20. The Bertz CT molecular complexity index is 774. The molecular weight excluding hydrogens is 513 g/mol. The molecule has 0 bridgehead atoms. The minimum absolute atomic E-state index is 0.0586. The lowest BCUT2D eigenvalue weighted by Gasteiger charge is -2.21. The average molecular weight is 530 g/mol. The highest BCUT2D eigenvalue weighted by Gasteiger charge is 2.32. The zero-order valence-electron chi connectivity index (χ0n) is 14.7. The largest absolute Gasteiger partial charge is 0.573 e. The Hall–Kier alpha value is -1.75. The number of halogens is 5. The summed E-state index contributed by atoms with van der Waals surface area (Å²) in [6.07, 6.45) is -3.90. The summed E-state index contributed by atoms with van der Waals surface area (Å²) >= 11 is 6.38. The molecule has 0 atom stereocenters. The standard InChI is InChI=1S/C17H17Br2F3N2O4/c1-2-23-16(26)27-12-5-3-4-6-24-15(25)14(12)13-10(18)7-9(8-11(13)19)28-17(20,21)22/h7-8H,2-6H2,1H3,(H,23,26)(H,24,25)/b14-12+. The lowest BCUT2D eigenvalue weighted by atomic mass is 9.99. The SMILES string of the molecule is CCNC(=O)O/C1=C(\c2c(Br)cc(OC(F)(F)F)cc2Br)C(=O)NCCCC1. The van der Waals surface area contributed by atoms with Gasteiger partial charge in [0, 0.05) is 34.0 Å². The van der Waals surface area contributed by atoms with Gasteiger partial charge in [-0.15, -0.1) is 13.2 Å². The molecule has 11 heteroatoms. The molecule has 154 valence electrons. The zero-order valence-corrected chi connectivity index (χ0v) is 17.9. The first kappa shape index (κ1) is 22.5. The number of alkyl halides is 3. The van der Waals surface area contributed by atoms with Crippen molar-refractivity contribution in [1.82, 2.24) is 10.6 Å². The van der Waals surface area contributed by atoms with Gasteiger partial charge in [-0.05, 0) is 63.8 Å². The maximum absolute atomic E-state index is 12.7. The molecule has 2 amide bonds.